The van der Waals surface area contributed by atoms with E-state index in [0.717, 1.165) is 11.1 Å². The van der Waals surface area contributed by atoms with Crippen LogP contribution in [0.2, 0.25) is 0 Å². The van der Waals surface area contributed by atoms with Crippen LogP contribution in [0.1, 0.15) is 27.0 Å². The van der Waals surface area contributed by atoms with Gasteiger partial charge in [-0.2, -0.15) is 0 Å². The van der Waals surface area contributed by atoms with Crippen LogP contribution in [-0.2, 0) is 6.54 Å². The van der Waals surface area contributed by atoms with Crippen molar-refractivity contribution in [2.45, 2.75) is 20.4 Å². The van der Waals surface area contributed by atoms with Gasteiger partial charge in [0, 0.05) is 19.2 Å². The maximum absolute atomic E-state index is 12.6. The zero-order valence-corrected chi connectivity index (χ0v) is 12.9. The van der Waals surface area contributed by atoms with Gasteiger partial charge < -0.3 is 4.90 Å². The summed E-state index contributed by atoms with van der Waals surface area (Å²) in [4.78, 5) is 24.8. The number of para-hydroxylation sites is 1. The fourth-order valence-corrected chi connectivity index (χ4v) is 2.39. The average molecular weight is 298 g/mol. The normalized spacial score (nSPS) is 10.3. The van der Waals surface area contributed by atoms with Crippen molar-refractivity contribution in [3.63, 3.8) is 0 Å². The van der Waals surface area contributed by atoms with E-state index in [4.69, 9.17) is 0 Å². The van der Waals surface area contributed by atoms with Crippen molar-refractivity contribution < 1.29 is 9.72 Å². The Hall–Kier alpha value is -2.69. The van der Waals surface area contributed by atoms with E-state index < -0.39 is 4.92 Å². The van der Waals surface area contributed by atoms with Crippen molar-refractivity contribution in [1.29, 1.82) is 0 Å². The number of nitro groups is 1. The first-order valence-electron chi connectivity index (χ1n) is 6.95. The molecule has 2 aromatic rings. The molecule has 0 spiro atoms. The van der Waals surface area contributed by atoms with Crippen LogP contribution in [0, 0.1) is 24.0 Å². The van der Waals surface area contributed by atoms with Gasteiger partial charge in [-0.05, 0) is 31.0 Å². The van der Waals surface area contributed by atoms with Crippen LogP contribution in [0.3, 0.4) is 0 Å². The maximum atomic E-state index is 12.6. The number of rotatable bonds is 4. The van der Waals surface area contributed by atoms with Gasteiger partial charge in [0.1, 0.15) is 5.56 Å². The zero-order chi connectivity index (χ0) is 16.3. The van der Waals surface area contributed by atoms with Crippen molar-refractivity contribution in [2.24, 2.45) is 0 Å². The molecule has 22 heavy (non-hydrogen) atoms. The maximum Gasteiger partial charge on any atom is 0.285 e. The first-order valence-corrected chi connectivity index (χ1v) is 6.95. The lowest BCUT2D eigenvalue weighted by atomic mass is 10.1. The Kier molecular flexibility index (Phi) is 4.56. The summed E-state index contributed by atoms with van der Waals surface area (Å²) >= 11 is 0. The Morgan fingerprint density at radius 3 is 2.36 bits per heavy atom. The smallest absolute Gasteiger partial charge is 0.285 e. The highest BCUT2D eigenvalue weighted by molar-refractivity contribution is 5.98. The Morgan fingerprint density at radius 1 is 1.09 bits per heavy atom. The molecule has 0 radical (unpaired) electrons. The van der Waals surface area contributed by atoms with Crippen LogP contribution in [0.25, 0.3) is 0 Å². The molecule has 1 amide bonds. The molecule has 0 fully saturated rings. The second-order valence-electron chi connectivity index (χ2n) is 5.32. The molecule has 0 aliphatic rings. The number of hydrogen-bond donors (Lipinski definition) is 0. The van der Waals surface area contributed by atoms with E-state index in [1.54, 1.807) is 26.1 Å². The third-order valence-electron chi connectivity index (χ3n) is 3.67. The van der Waals surface area contributed by atoms with Crippen molar-refractivity contribution in [1.82, 2.24) is 4.90 Å². The minimum atomic E-state index is -0.496. The highest BCUT2D eigenvalue weighted by atomic mass is 16.6. The number of hydrogen-bond acceptors (Lipinski definition) is 3. The number of nitrogens with zero attached hydrogens (tertiary/aromatic N) is 2. The number of amides is 1. The standard InChI is InChI=1S/C17H18N2O3/c1-12-7-4-5-9-14(12)11-18(3)17(20)15-10-6-8-13(2)16(15)19(21)22/h4-10H,11H2,1-3H3. The molecular weight excluding hydrogens is 280 g/mol. The number of nitro benzene ring substituents is 1. The summed E-state index contributed by atoms with van der Waals surface area (Å²) in [5.74, 6) is -0.348. The van der Waals surface area contributed by atoms with Gasteiger partial charge in [0.25, 0.3) is 11.6 Å². The topological polar surface area (TPSA) is 63.5 Å². The predicted molar refractivity (Wildman–Crippen MR) is 84.8 cm³/mol. The predicted octanol–water partition coefficient (Wildman–Crippen LogP) is 3.48. The number of carbonyl (C=O) groups excluding carboxylic acids is 1. The molecule has 0 N–H and O–H groups in total. The summed E-state index contributed by atoms with van der Waals surface area (Å²) in [5, 5.41) is 11.2. The van der Waals surface area contributed by atoms with Gasteiger partial charge in [-0.15, -0.1) is 0 Å². The first-order chi connectivity index (χ1) is 10.4. The summed E-state index contributed by atoms with van der Waals surface area (Å²) in [6.45, 7) is 4.02. The van der Waals surface area contributed by atoms with Gasteiger partial charge >= 0.3 is 0 Å². The van der Waals surface area contributed by atoms with E-state index in [1.165, 1.54) is 11.0 Å². The molecule has 5 nitrogen and oxygen atoms in total. The fourth-order valence-electron chi connectivity index (χ4n) is 2.39. The summed E-state index contributed by atoms with van der Waals surface area (Å²) in [5.41, 5.74) is 2.60. The van der Waals surface area contributed by atoms with Crippen LogP contribution in [-0.4, -0.2) is 22.8 Å². The van der Waals surface area contributed by atoms with Crippen LogP contribution in [0.5, 0.6) is 0 Å². The van der Waals surface area contributed by atoms with E-state index >= 15 is 0 Å². The van der Waals surface area contributed by atoms with Crippen LogP contribution in [0.4, 0.5) is 5.69 Å². The molecule has 0 heterocycles. The largest absolute Gasteiger partial charge is 0.337 e. The summed E-state index contributed by atoms with van der Waals surface area (Å²) in [7, 11) is 1.65. The molecule has 0 bridgehead atoms. The van der Waals surface area contributed by atoms with Crippen molar-refractivity contribution in [3.05, 3.63) is 74.8 Å². The summed E-state index contributed by atoms with van der Waals surface area (Å²) in [6, 6.07) is 12.6. The molecule has 2 aromatic carbocycles. The molecule has 2 rings (SSSR count). The van der Waals surface area contributed by atoms with E-state index in [0.29, 0.717) is 12.1 Å². The zero-order valence-electron chi connectivity index (χ0n) is 12.9. The Balaban J connectivity index is 2.31. The van der Waals surface area contributed by atoms with Gasteiger partial charge in [-0.1, -0.05) is 36.4 Å². The van der Waals surface area contributed by atoms with Crippen molar-refractivity contribution >= 4 is 11.6 Å². The highest BCUT2D eigenvalue weighted by Crippen LogP contribution is 2.24. The fraction of sp³-hybridized carbons (Fsp3) is 0.235. The Morgan fingerprint density at radius 2 is 1.73 bits per heavy atom. The van der Waals surface area contributed by atoms with Gasteiger partial charge in [-0.3, -0.25) is 14.9 Å². The van der Waals surface area contributed by atoms with Gasteiger partial charge in [-0.25, -0.2) is 0 Å². The molecule has 5 heteroatoms. The van der Waals surface area contributed by atoms with Crippen LogP contribution in [0.15, 0.2) is 42.5 Å². The number of aryl methyl sites for hydroxylation is 2. The molecular formula is C17H18N2O3. The van der Waals surface area contributed by atoms with Crippen molar-refractivity contribution in [2.75, 3.05) is 7.05 Å². The molecule has 114 valence electrons. The lowest BCUT2D eigenvalue weighted by Gasteiger charge is -2.19. The van der Waals surface area contributed by atoms with E-state index in [-0.39, 0.29) is 17.2 Å². The lowest BCUT2D eigenvalue weighted by Crippen LogP contribution is -2.27. The van der Waals surface area contributed by atoms with E-state index in [2.05, 4.69) is 0 Å². The van der Waals surface area contributed by atoms with Crippen molar-refractivity contribution in [3.8, 4) is 0 Å². The molecule has 0 aliphatic heterocycles. The summed E-state index contributed by atoms with van der Waals surface area (Å²) in [6.07, 6.45) is 0. The third kappa shape index (κ3) is 3.14. The third-order valence-corrected chi connectivity index (χ3v) is 3.67. The molecule has 0 unspecified atom stereocenters. The first kappa shape index (κ1) is 15.7. The van der Waals surface area contributed by atoms with Crippen LogP contribution < -0.4 is 0 Å². The van der Waals surface area contributed by atoms with Gasteiger partial charge in [0.15, 0.2) is 0 Å². The van der Waals surface area contributed by atoms with Crippen LogP contribution >= 0.6 is 0 Å². The SMILES string of the molecule is Cc1ccccc1CN(C)C(=O)c1cccc(C)c1[N+](=O)[O-]. The second-order valence-corrected chi connectivity index (χ2v) is 5.32. The number of carbonyl (C=O) groups is 1. The molecule has 0 saturated heterocycles. The van der Waals surface area contributed by atoms with Gasteiger partial charge in [0.05, 0.1) is 4.92 Å². The average Bonchev–Trinajstić information content (AvgIpc) is 2.48. The summed E-state index contributed by atoms with van der Waals surface area (Å²) < 4.78 is 0. The van der Waals surface area contributed by atoms with E-state index in [9.17, 15) is 14.9 Å². The molecule has 0 aromatic heterocycles. The Bertz CT molecular complexity index is 726. The quantitative estimate of drug-likeness (QED) is 0.641. The minimum Gasteiger partial charge on any atom is -0.337 e. The lowest BCUT2D eigenvalue weighted by molar-refractivity contribution is -0.385. The minimum absolute atomic E-state index is 0.121. The monoisotopic (exact) mass is 298 g/mol. The molecule has 0 aliphatic carbocycles. The highest BCUT2D eigenvalue weighted by Gasteiger charge is 2.24. The number of benzene rings is 2. The molecule has 0 atom stereocenters. The molecule has 0 saturated carbocycles. The second kappa shape index (κ2) is 6.39. The van der Waals surface area contributed by atoms with Gasteiger partial charge in [0.2, 0.25) is 0 Å². The Labute approximate surface area is 129 Å². The van der Waals surface area contributed by atoms with E-state index in [1.807, 2.05) is 31.2 Å².